The minimum atomic E-state index is -0.0105. The van der Waals surface area contributed by atoms with Crippen molar-refractivity contribution in [3.05, 3.63) is 48.2 Å². The van der Waals surface area contributed by atoms with Crippen molar-refractivity contribution in [2.75, 3.05) is 12.8 Å². The van der Waals surface area contributed by atoms with Crippen molar-refractivity contribution in [2.24, 2.45) is 0 Å². The number of rotatable bonds is 4. The summed E-state index contributed by atoms with van der Waals surface area (Å²) in [6.45, 7) is 0.459. The Morgan fingerprint density at radius 1 is 1.44 bits per heavy atom. The summed E-state index contributed by atoms with van der Waals surface area (Å²) in [6, 6.07) is 7.14. The van der Waals surface area contributed by atoms with Gasteiger partial charge in [-0.2, -0.15) is 0 Å². The second kappa shape index (κ2) is 5.35. The first-order valence-electron chi connectivity index (χ1n) is 5.62. The number of nitrogen functional groups attached to an aromatic ring is 1. The quantitative estimate of drug-likeness (QED) is 0.885. The average molecular weight is 245 g/mol. The summed E-state index contributed by atoms with van der Waals surface area (Å²) in [5.41, 5.74) is 6.84. The summed E-state index contributed by atoms with van der Waals surface area (Å²) in [7, 11) is 1.74. The molecule has 0 aliphatic carbocycles. The molecule has 0 unspecified atom stereocenters. The fourth-order valence-corrected chi connectivity index (χ4v) is 1.55. The number of hydrogen-bond donors (Lipinski definition) is 1. The molecular weight excluding hydrogens is 230 g/mol. The number of anilines is 1. The van der Waals surface area contributed by atoms with Crippen LogP contribution in [0.25, 0.3) is 0 Å². The van der Waals surface area contributed by atoms with Gasteiger partial charge in [0.05, 0.1) is 31.1 Å². The molecule has 1 amide bonds. The lowest BCUT2D eigenvalue weighted by Gasteiger charge is -2.15. The number of amides is 1. The second-order valence-corrected chi connectivity index (χ2v) is 4.09. The van der Waals surface area contributed by atoms with Gasteiger partial charge in [0.1, 0.15) is 5.76 Å². The molecule has 2 aromatic heterocycles. The highest BCUT2D eigenvalue weighted by molar-refractivity contribution is 5.78. The fraction of sp³-hybridized carbons (Fsp3) is 0.231. The highest BCUT2D eigenvalue weighted by Gasteiger charge is 2.11. The minimum absolute atomic E-state index is 0.0105. The van der Waals surface area contributed by atoms with E-state index in [2.05, 4.69) is 4.98 Å². The number of carbonyl (C=O) groups excluding carboxylic acids is 1. The third-order valence-electron chi connectivity index (χ3n) is 2.58. The van der Waals surface area contributed by atoms with Crippen LogP contribution in [0.4, 0.5) is 5.69 Å². The van der Waals surface area contributed by atoms with Gasteiger partial charge in [-0.15, -0.1) is 0 Å². The monoisotopic (exact) mass is 245 g/mol. The Bertz CT molecular complexity index is 506. The molecule has 0 aromatic carbocycles. The van der Waals surface area contributed by atoms with Gasteiger partial charge >= 0.3 is 0 Å². The molecule has 0 saturated heterocycles. The molecule has 2 aromatic rings. The Morgan fingerprint density at radius 3 is 2.89 bits per heavy atom. The molecule has 0 radical (unpaired) electrons. The molecule has 5 heteroatoms. The van der Waals surface area contributed by atoms with Gasteiger partial charge in [0, 0.05) is 12.7 Å². The molecule has 94 valence electrons. The zero-order chi connectivity index (χ0) is 13.0. The van der Waals surface area contributed by atoms with E-state index in [0.717, 1.165) is 5.76 Å². The predicted molar refractivity (Wildman–Crippen MR) is 67.5 cm³/mol. The van der Waals surface area contributed by atoms with Gasteiger partial charge in [-0.25, -0.2) is 0 Å². The molecule has 0 aliphatic heterocycles. The smallest absolute Gasteiger partial charge is 0.228 e. The number of aromatic nitrogens is 1. The Hall–Kier alpha value is -2.30. The molecular formula is C13H15N3O2. The van der Waals surface area contributed by atoms with Crippen molar-refractivity contribution < 1.29 is 9.21 Å². The topological polar surface area (TPSA) is 72.4 Å². The molecule has 2 N–H and O–H groups in total. The summed E-state index contributed by atoms with van der Waals surface area (Å²) < 4.78 is 5.19. The van der Waals surface area contributed by atoms with Crippen LogP contribution < -0.4 is 5.73 Å². The molecule has 2 heterocycles. The van der Waals surface area contributed by atoms with Crippen LogP contribution in [-0.4, -0.2) is 22.8 Å². The standard InChI is InChI=1S/C13H15N3O2/c1-16(9-12-3-2-6-18-12)13(17)7-11-5-4-10(14)8-15-11/h2-6,8H,7,9,14H2,1H3. The molecule has 0 atom stereocenters. The first-order valence-corrected chi connectivity index (χ1v) is 5.62. The highest BCUT2D eigenvalue weighted by Crippen LogP contribution is 2.07. The molecule has 18 heavy (non-hydrogen) atoms. The van der Waals surface area contributed by atoms with Crippen LogP contribution in [0.15, 0.2) is 41.1 Å². The van der Waals surface area contributed by atoms with Crippen molar-refractivity contribution in [2.45, 2.75) is 13.0 Å². The molecule has 0 fully saturated rings. The Kier molecular flexibility index (Phi) is 3.62. The third kappa shape index (κ3) is 3.10. The summed E-state index contributed by atoms with van der Waals surface area (Å²) in [4.78, 5) is 17.6. The van der Waals surface area contributed by atoms with Crippen molar-refractivity contribution in [1.29, 1.82) is 0 Å². The first-order chi connectivity index (χ1) is 8.65. The lowest BCUT2D eigenvalue weighted by atomic mass is 10.2. The van der Waals surface area contributed by atoms with Crippen LogP contribution in [0.5, 0.6) is 0 Å². The number of furan rings is 1. The van der Waals surface area contributed by atoms with Crippen molar-refractivity contribution >= 4 is 11.6 Å². The predicted octanol–water partition coefficient (Wildman–Crippen LogP) is 1.46. The number of carbonyl (C=O) groups is 1. The van der Waals surface area contributed by atoms with E-state index in [-0.39, 0.29) is 12.3 Å². The largest absolute Gasteiger partial charge is 0.467 e. The maximum absolute atomic E-state index is 11.9. The van der Waals surface area contributed by atoms with Gasteiger partial charge in [-0.3, -0.25) is 9.78 Å². The van der Waals surface area contributed by atoms with Crippen molar-refractivity contribution in [3.8, 4) is 0 Å². The number of nitrogens with zero attached hydrogens (tertiary/aromatic N) is 2. The van der Waals surface area contributed by atoms with E-state index in [0.29, 0.717) is 17.9 Å². The van der Waals surface area contributed by atoms with Crippen molar-refractivity contribution in [3.63, 3.8) is 0 Å². The first kappa shape index (κ1) is 12.2. The zero-order valence-electron chi connectivity index (χ0n) is 10.2. The normalized spacial score (nSPS) is 10.3. The van der Waals surface area contributed by atoms with Crippen LogP contribution in [0, 0.1) is 0 Å². The Morgan fingerprint density at radius 2 is 2.28 bits per heavy atom. The number of nitrogens with two attached hydrogens (primary N) is 1. The molecule has 0 saturated carbocycles. The Labute approximate surface area is 105 Å². The van der Waals surface area contributed by atoms with Crippen LogP contribution in [0.1, 0.15) is 11.5 Å². The lowest BCUT2D eigenvalue weighted by molar-refractivity contribution is -0.130. The van der Waals surface area contributed by atoms with E-state index in [1.54, 1.807) is 42.6 Å². The summed E-state index contributed by atoms with van der Waals surface area (Å²) >= 11 is 0. The fourth-order valence-electron chi connectivity index (χ4n) is 1.55. The van der Waals surface area contributed by atoms with Crippen LogP contribution in [0.3, 0.4) is 0 Å². The molecule has 5 nitrogen and oxygen atoms in total. The minimum Gasteiger partial charge on any atom is -0.467 e. The number of hydrogen-bond acceptors (Lipinski definition) is 4. The molecule has 0 bridgehead atoms. The summed E-state index contributed by atoms with van der Waals surface area (Å²) in [5.74, 6) is 0.750. The van der Waals surface area contributed by atoms with E-state index >= 15 is 0 Å². The van der Waals surface area contributed by atoms with Crippen LogP contribution >= 0.6 is 0 Å². The van der Waals surface area contributed by atoms with E-state index in [1.807, 2.05) is 6.07 Å². The Balaban J connectivity index is 1.93. The van der Waals surface area contributed by atoms with Gasteiger partial charge < -0.3 is 15.1 Å². The van der Waals surface area contributed by atoms with Gasteiger partial charge in [-0.1, -0.05) is 0 Å². The maximum Gasteiger partial charge on any atom is 0.228 e. The average Bonchev–Trinajstić information content (AvgIpc) is 2.85. The summed E-state index contributed by atoms with van der Waals surface area (Å²) in [5, 5.41) is 0. The van der Waals surface area contributed by atoms with Crippen LogP contribution in [0.2, 0.25) is 0 Å². The second-order valence-electron chi connectivity index (χ2n) is 4.09. The van der Waals surface area contributed by atoms with Gasteiger partial charge in [0.25, 0.3) is 0 Å². The lowest BCUT2D eigenvalue weighted by Crippen LogP contribution is -2.27. The molecule has 0 spiro atoms. The highest BCUT2D eigenvalue weighted by atomic mass is 16.3. The zero-order valence-corrected chi connectivity index (χ0v) is 10.2. The van der Waals surface area contributed by atoms with E-state index < -0.39 is 0 Å². The number of likely N-dealkylation sites (N-methyl/N-ethyl adjacent to an activating group) is 1. The van der Waals surface area contributed by atoms with Gasteiger partial charge in [0.2, 0.25) is 5.91 Å². The SMILES string of the molecule is CN(Cc1ccco1)C(=O)Cc1ccc(N)cn1. The number of pyridine rings is 1. The van der Waals surface area contributed by atoms with Crippen LogP contribution in [-0.2, 0) is 17.8 Å². The molecule has 0 aliphatic rings. The van der Waals surface area contributed by atoms with E-state index in [4.69, 9.17) is 10.2 Å². The maximum atomic E-state index is 11.9. The van der Waals surface area contributed by atoms with E-state index in [1.165, 1.54) is 0 Å². The van der Waals surface area contributed by atoms with E-state index in [9.17, 15) is 4.79 Å². The summed E-state index contributed by atoms with van der Waals surface area (Å²) in [6.07, 6.45) is 3.40. The van der Waals surface area contributed by atoms with Gasteiger partial charge in [-0.05, 0) is 24.3 Å². The molecule has 2 rings (SSSR count). The van der Waals surface area contributed by atoms with Crippen molar-refractivity contribution in [1.82, 2.24) is 9.88 Å². The van der Waals surface area contributed by atoms with Gasteiger partial charge in [0.15, 0.2) is 0 Å². The third-order valence-corrected chi connectivity index (χ3v) is 2.58.